The Morgan fingerprint density at radius 3 is 1.57 bits per heavy atom. The van der Waals surface area contributed by atoms with Crippen molar-refractivity contribution in [2.75, 3.05) is 4.90 Å². The number of fused-ring (bicyclic) bond motifs is 2. The SMILES string of the molecule is c1ccc(-c2sc3cc(-c4ccc(N(c5ccccc5)c5ccccc5)c5ccccc45)ccc3c2-c2ccccc2)cc1. The van der Waals surface area contributed by atoms with Crippen molar-refractivity contribution in [2.45, 2.75) is 0 Å². The van der Waals surface area contributed by atoms with Gasteiger partial charge in [0.1, 0.15) is 0 Å². The highest BCUT2D eigenvalue weighted by molar-refractivity contribution is 7.23. The quantitative estimate of drug-likeness (QED) is 0.189. The molecule has 0 spiro atoms. The van der Waals surface area contributed by atoms with Gasteiger partial charge < -0.3 is 4.90 Å². The summed E-state index contributed by atoms with van der Waals surface area (Å²) in [5.41, 5.74) is 9.72. The van der Waals surface area contributed by atoms with Crippen LogP contribution in [0.2, 0.25) is 0 Å². The Hall–Kier alpha value is -5.44. The van der Waals surface area contributed by atoms with Gasteiger partial charge in [-0.25, -0.2) is 0 Å². The van der Waals surface area contributed by atoms with E-state index in [0.717, 1.165) is 17.1 Å². The van der Waals surface area contributed by atoms with Gasteiger partial charge in [-0.3, -0.25) is 0 Å². The maximum atomic E-state index is 2.38. The van der Waals surface area contributed by atoms with Crippen LogP contribution in [0.5, 0.6) is 0 Å². The molecule has 0 unspecified atom stereocenters. The number of rotatable bonds is 6. The zero-order valence-electron chi connectivity index (χ0n) is 24.1. The monoisotopic (exact) mass is 579 g/mol. The predicted octanol–water partition coefficient (Wildman–Crippen LogP) is 12.5. The molecular weight excluding hydrogens is 551 g/mol. The van der Waals surface area contributed by atoms with Crippen molar-refractivity contribution < 1.29 is 0 Å². The van der Waals surface area contributed by atoms with Gasteiger partial charge >= 0.3 is 0 Å². The molecule has 2 heteroatoms. The Balaban J connectivity index is 1.31. The standard InChI is InChI=1S/C42H29NS/c1-5-15-30(16-6-1)41-38-26-25-32(29-40(38)44-42(41)31-17-7-2-8-18-31)35-27-28-39(37-24-14-13-23-36(35)37)43(33-19-9-3-10-20-33)34-21-11-4-12-22-34/h1-29H. The van der Waals surface area contributed by atoms with E-state index in [0.29, 0.717) is 0 Å². The van der Waals surface area contributed by atoms with Gasteiger partial charge in [-0.05, 0) is 64.0 Å². The first-order chi connectivity index (χ1) is 21.8. The van der Waals surface area contributed by atoms with Crippen LogP contribution >= 0.6 is 11.3 Å². The average Bonchev–Trinajstić information content (AvgIpc) is 3.49. The number of para-hydroxylation sites is 2. The van der Waals surface area contributed by atoms with E-state index in [1.54, 1.807) is 0 Å². The van der Waals surface area contributed by atoms with Crippen LogP contribution < -0.4 is 4.90 Å². The van der Waals surface area contributed by atoms with Crippen LogP contribution in [0.3, 0.4) is 0 Å². The van der Waals surface area contributed by atoms with Gasteiger partial charge in [-0.1, -0.05) is 140 Å². The zero-order chi connectivity index (χ0) is 29.3. The summed E-state index contributed by atoms with van der Waals surface area (Å²) in [6, 6.07) is 63.2. The topological polar surface area (TPSA) is 3.24 Å². The third-order valence-electron chi connectivity index (χ3n) is 8.27. The highest BCUT2D eigenvalue weighted by Gasteiger charge is 2.19. The van der Waals surface area contributed by atoms with Crippen LogP contribution in [0.1, 0.15) is 0 Å². The van der Waals surface area contributed by atoms with Gasteiger partial charge in [-0.15, -0.1) is 11.3 Å². The highest BCUT2D eigenvalue weighted by Crippen LogP contribution is 2.47. The third-order valence-corrected chi connectivity index (χ3v) is 9.47. The normalized spacial score (nSPS) is 11.2. The summed E-state index contributed by atoms with van der Waals surface area (Å²) >= 11 is 1.88. The molecule has 0 saturated carbocycles. The van der Waals surface area contributed by atoms with E-state index < -0.39 is 0 Å². The number of thiophene rings is 1. The molecule has 1 nitrogen and oxygen atoms in total. The summed E-state index contributed by atoms with van der Waals surface area (Å²) in [4.78, 5) is 3.66. The average molecular weight is 580 g/mol. The second kappa shape index (κ2) is 11.3. The molecule has 8 aromatic rings. The molecule has 0 saturated heterocycles. The first-order valence-electron chi connectivity index (χ1n) is 14.9. The summed E-state index contributed by atoms with van der Waals surface area (Å²) in [5.74, 6) is 0. The maximum Gasteiger partial charge on any atom is 0.0540 e. The lowest BCUT2D eigenvalue weighted by molar-refractivity contribution is 1.30. The number of benzene rings is 7. The van der Waals surface area contributed by atoms with E-state index in [2.05, 4.69) is 181 Å². The summed E-state index contributed by atoms with van der Waals surface area (Å²) in [6.07, 6.45) is 0. The lowest BCUT2D eigenvalue weighted by Gasteiger charge is -2.27. The van der Waals surface area contributed by atoms with E-state index >= 15 is 0 Å². The fourth-order valence-corrected chi connectivity index (χ4v) is 7.53. The molecule has 0 radical (unpaired) electrons. The molecule has 0 aliphatic carbocycles. The minimum atomic E-state index is 1.14. The van der Waals surface area contributed by atoms with E-state index in [4.69, 9.17) is 0 Å². The van der Waals surface area contributed by atoms with Gasteiger partial charge in [0.05, 0.1) is 5.69 Å². The number of hydrogen-bond acceptors (Lipinski definition) is 2. The molecule has 8 rings (SSSR count). The van der Waals surface area contributed by atoms with Gasteiger partial charge in [0.15, 0.2) is 0 Å². The first kappa shape index (κ1) is 26.2. The van der Waals surface area contributed by atoms with Crippen molar-refractivity contribution in [1.82, 2.24) is 0 Å². The Kier molecular flexibility index (Phi) is 6.75. The summed E-state index contributed by atoms with van der Waals surface area (Å²) in [5, 5.41) is 3.76. The molecule has 44 heavy (non-hydrogen) atoms. The summed E-state index contributed by atoms with van der Waals surface area (Å²) < 4.78 is 1.29. The second-order valence-corrected chi connectivity index (χ2v) is 12.0. The van der Waals surface area contributed by atoms with Gasteiger partial charge in [-0.2, -0.15) is 0 Å². The lowest BCUT2D eigenvalue weighted by atomic mass is 9.94. The van der Waals surface area contributed by atoms with Gasteiger partial charge in [0.25, 0.3) is 0 Å². The van der Waals surface area contributed by atoms with Crippen LogP contribution in [0.4, 0.5) is 17.1 Å². The fourth-order valence-electron chi connectivity index (χ4n) is 6.26. The lowest BCUT2D eigenvalue weighted by Crippen LogP contribution is -2.10. The first-order valence-corrected chi connectivity index (χ1v) is 15.8. The van der Waals surface area contributed by atoms with E-state index in [-0.39, 0.29) is 0 Å². The Morgan fingerprint density at radius 1 is 0.386 bits per heavy atom. The number of anilines is 3. The van der Waals surface area contributed by atoms with Crippen molar-refractivity contribution in [3.63, 3.8) is 0 Å². The zero-order valence-corrected chi connectivity index (χ0v) is 24.9. The molecule has 1 aromatic heterocycles. The molecule has 208 valence electrons. The molecule has 0 amide bonds. The molecule has 7 aromatic carbocycles. The Labute approximate surface area is 261 Å². The van der Waals surface area contributed by atoms with E-state index in [9.17, 15) is 0 Å². The minimum absolute atomic E-state index is 1.14. The molecule has 0 N–H and O–H groups in total. The second-order valence-electron chi connectivity index (χ2n) is 10.9. The van der Waals surface area contributed by atoms with Crippen LogP contribution in [0.25, 0.3) is 53.6 Å². The van der Waals surface area contributed by atoms with Crippen molar-refractivity contribution in [3.8, 4) is 32.7 Å². The Bertz CT molecular complexity index is 2160. The highest BCUT2D eigenvalue weighted by atomic mass is 32.1. The molecule has 0 atom stereocenters. The van der Waals surface area contributed by atoms with Gasteiger partial charge in [0.2, 0.25) is 0 Å². The summed E-state index contributed by atoms with van der Waals surface area (Å²) in [7, 11) is 0. The molecular formula is C42H29NS. The third kappa shape index (κ3) is 4.66. The van der Waals surface area contributed by atoms with Crippen LogP contribution in [0.15, 0.2) is 176 Å². The minimum Gasteiger partial charge on any atom is -0.310 e. The van der Waals surface area contributed by atoms with Crippen molar-refractivity contribution in [3.05, 3.63) is 176 Å². The molecule has 0 fully saturated rings. The van der Waals surface area contributed by atoms with Crippen LogP contribution in [-0.4, -0.2) is 0 Å². The van der Waals surface area contributed by atoms with E-state index in [1.807, 2.05) is 11.3 Å². The smallest absolute Gasteiger partial charge is 0.0540 e. The number of hydrogen-bond donors (Lipinski definition) is 0. The van der Waals surface area contributed by atoms with Crippen molar-refractivity contribution >= 4 is 49.3 Å². The van der Waals surface area contributed by atoms with Crippen molar-refractivity contribution in [1.29, 1.82) is 0 Å². The van der Waals surface area contributed by atoms with Gasteiger partial charge in [0, 0.05) is 37.3 Å². The molecule has 0 aliphatic rings. The van der Waals surface area contributed by atoms with Crippen LogP contribution in [0, 0.1) is 0 Å². The van der Waals surface area contributed by atoms with Crippen LogP contribution in [-0.2, 0) is 0 Å². The Morgan fingerprint density at radius 2 is 0.932 bits per heavy atom. The maximum absolute atomic E-state index is 2.38. The van der Waals surface area contributed by atoms with E-state index in [1.165, 1.54) is 53.6 Å². The fraction of sp³-hybridized carbons (Fsp3) is 0. The van der Waals surface area contributed by atoms with Crippen molar-refractivity contribution in [2.24, 2.45) is 0 Å². The molecule has 1 heterocycles. The largest absolute Gasteiger partial charge is 0.310 e. The molecule has 0 bridgehead atoms. The predicted molar refractivity (Wildman–Crippen MR) is 190 cm³/mol. The molecule has 0 aliphatic heterocycles. The number of nitrogens with zero attached hydrogens (tertiary/aromatic N) is 1. The summed E-state index contributed by atoms with van der Waals surface area (Å²) in [6.45, 7) is 0.